The van der Waals surface area contributed by atoms with Crippen LogP contribution in [0.25, 0.3) is 0 Å². The highest BCUT2D eigenvalue weighted by atomic mass is 15.0. The van der Waals surface area contributed by atoms with Gasteiger partial charge in [-0.25, -0.2) is 0 Å². The standard InChI is InChI=1S/C14H22N2/c1-16(2)11-10-14(8-3-9-14)12-4-6-13(15)7-5-12/h4-7H,3,8-11,15H2,1-2H3. The summed E-state index contributed by atoms with van der Waals surface area (Å²) in [6.07, 6.45) is 5.32. The third-order valence-electron chi connectivity index (χ3n) is 3.87. The van der Waals surface area contributed by atoms with Gasteiger partial charge in [-0.05, 0) is 63.0 Å². The molecule has 1 saturated carbocycles. The fourth-order valence-corrected chi connectivity index (χ4v) is 2.56. The third kappa shape index (κ3) is 2.22. The average molecular weight is 218 g/mol. The molecule has 1 fully saturated rings. The van der Waals surface area contributed by atoms with Crippen molar-refractivity contribution in [3.63, 3.8) is 0 Å². The maximum Gasteiger partial charge on any atom is 0.0314 e. The molecular formula is C14H22N2. The number of nitrogens with zero attached hydrogens (tertiary/aromatic N) is 1. The van der Waals surface area contributed by atoms with Crippen molar-refractivity contribution in [2.24, 2.45) is 0 Å². The molecular weight excluding hydrogens is 196 g/mol. The van der Waals surface area contributed by atoms with Crippen LogP contribution in [0.15, 0.2) is 24.3 Å². The molecule has 2 N–H and O–H groups in total. The summed E-state index contributed by atoms with van der Waals surface area (Å²) in [5.74, 6) is 0. The summed E-state index contributed by atoms with van der Waals surface area (Å²) in [4.78, 5) is 2.28. The van der Waals surface area contributed by atoms with Gasteiger partial charge in [0.15, 0.2) is 0 Å². The van der Waals surface area contributed by atoms with Crippen LogP contribution in [-0.2, 0) is 5.41 Å². The Bertz CT molecular complexity index is 336. The van der Waals surface area contributed by atoms with E-state index < -0.39 is 0 Å². The van der Waals surface area contributed by atoms with E-state index in [2.05, 4.69) is 31.1 Å². The topological polar surface area (TPSA) is 29.3 Å². The molecule has 0 saturated heterocycles. The minimum Gasteiger partial charge on any atom is -0.399 e. The van der Waals surface area contributed by atoms with Crippen LogP contribution >= 0.6 is 0 Å². The van der Waals surface area contributed by atoms with Crippen LogP contribution < -0.4 is 5.73 Å². The van der Waals surface area contributed by atoms with Crippen LogP contribution in [-0.4, -0.2) is 25.5 Å². The Morgan fingerprint density at radius 1 is 1.19 bits per heavy atom. The normalized spacial score (nSPS) is 18.4. The minimum absolute atomic E-state index is 0.442. The molecule has 2 nitrogen and oxygen atoms in total. The fraction of sp³-hybridized carbons (Fsp3) is 0.571. The Labute approximate surface area is 98.4 Å². The van der Waals surface area contributed by atoms with Gasteiger partial charge in [0.2, 0.25) is 0 Å². The van der Waals surface area contributed by atoms with E-state index >= 15 is 0 Å². The van der Waals surface area contributed by atoms with Crippen LogP contribution in [0.2, 0.25) is 0 Å². The van der Waals surface area contributed by atoms with Gasteiger partial charge in [-0.1, -0.05) is 18.6 Å². The number of anilines is 1. The number of nitrogens with two attached hydrogens (primary N) is 1. The van der Waals surface area contributed by atoms with Crippen LogP contribution in [0.3, 0.4) is 0 Å². The molecule has 16 heavy (non-hydrogen) atoms. The second-order valence-corrected chi connectivity index (χ2v) is 5.31. The number of nitrogen functional groups attached to an aromatic ring is 1. The molecule has 1 aliphatic rings. The van der Waals surface area contributed by atoms with Gasteiger partial charge in [-0.3, -0.25) is 0 Å². The second-order valence-electron chi connectivity index (χ2n) is 5.31. The summed E-state index contributed by atoms with van der Waals surface area (Å²) in [6.45, 7) is 1.17. The van der Waals surface area contributed by atoms with E-state index in [1.54, 1.807) is 0 Å². The average Bonchev–Trinajstić information content (AvgIpc) is 2.18. The van der Waals surface area contributed by atoms with E-state index in [1.165, 1.54) is 37.8 Å². The van der Waals surface area contributed by atoms with E-state index in [0.29, 0.717) is 5.41 Å². The zero-order valence-electron chi connectivity index (χ0n) is 10.4. The maximum atomic E-state index is 5.74. The van der Waals surface area contributed by atoms with Crippen molar-refractivity contribution in [1.29, 1.82) is 0 Å². The molecule has 0 bridgehead atoms. The second kappa shape index (κ2) is 4.46. The van der Waals surface area contributed by atoms with Crippen molar-refractivity contribution in [2.45, 2.75) is 31.1 Å². The Morgan fingerprint density at radius 2 is 1.81 bits per heavy atom. The number of hydrogen-bond donors (Lipinski definition) is 1. The first-order valence-electron chi connectivity index (χ1n) is 6.13. The molecule has 88 valence electrons. The van der Waals surface area contributed by atoms with E-state index in [-0.39, 0.29) is 0 Å². The smallest absolute Gasteiger partial charge is 0.0314 e. The monoisotopic (exact) mass is 218 g/mol. The third-order valence-corrected chi connectivity index (χ3v) is 3.87. The van der Waals surface area contributed by atoms with Crippen molar-refractivity contribution in [3.05, 3.63) is 29.8 Å². The summed E-state index contributed by atoms with van der Waals surface area (Å²) in [7, 11) is 4.30. The van der Waals surface area contributed by atoms with Crippen molar-refractivity contribution in [2.75, 3.05) is 26.4 Å². The first kappa shape index (κ1) is 11.5. The molecule has 1 aromatic rings. The lowest BCUT2D eigenvalue weighted by Gasteiger charge is -2.43. The predicted octanol–water partition coefficient (Wildman–Crippen LogP) is 2.64. The SMILES string of the molecule is CN(C)CCC1(c2ccc(N)cc2)CCC1. The predicted molar refractivity (Wildman–Crippen MR) is 69.6 cm³/mol. The Morgan fingerprint density at radius 3 is 2.25 bits per heavy atom. The number of benzene rings is 1. The highest BCUT2D eigenvalue weighted by Crippen LogP contribution is 2.46. The molecule has 1 aliphatic carbocycles. The van der Waals surface area contributed by atoms with E-state index in [1.807, 2.05) is 12.1 Å². The molecule has 0 amide bonds. The van der Waals surface area contributed by atoms with Gasteiger partial charge in [0, 0.05) is 5.69 Å². The van der Waals surface area contributed by atoms with Crippen molar-refractivity contribution in [1.82, 2.24) is 4.90 Å². The largest absolute Gasteiger partial charge is 0.399 e. The quantitative estimate of drug-likeness (QED) is 0.787. The summed E-state index contributed by atoms with van der Waals surface area (Å²) >= 11 is 0. The Balaban J connectivity index is 2.11. The van der Waals surface area contributed by atoms with Gasteiger partial charge in [0.05, 0.1) is 0 Å². The van der Waals surface area contributed by atoms with Crippen LogP contribution in [0, 0.1) is 0 Å². The highest BCUT2D eigenvalue weighted by molar-refractivity contribution is 5.42. The van der Waals surface area contributed by atoms with Gasteiger partial charge in [-0.15, -0.1) is 0 Å². The van der Waals surface area contributed by atoms with Crippen LogP contribution in [0.1, 0.15) is 31.2 Å². The molecule has 0 atom stereocenters. The van der Waals surface area contributed by atoms with Crippen LogP contribution in [0.4, 0.5) is 5.69 Å². The Kier molecular flexibility index (Phi) is 3.20. The summed E-state index contributed by atoms with van der Waals surface area (Å²) < 4.78 is 0. The zero-order chi connectivity index (χ0) is 11.6. The number of rotatable bonds is 4. The Hall–Kier alpha value is -1.02. The number of hydrogen-bond acceptors (Lipinski definition) is 2. The van der Waals surface area contributed by atoms with Gasteiger partial charge in [0.1, 0.15) is 0 Å². The van der Waals surface area contributed by atoms with E-state index in [0.717, 1.165) is 5.69 Å². The lowest BCUT2D eigenvalue weighted by molar-refractivity contribution is 0.201. The van der Waals surface area contributed by atoms with Crippen molar-refractivity contribution >= 4 is 5.69 Å². The lowest BCUT2D eigenvalue weighted by Crippen LogP contribution is -2.37. The summed E-state index contributed by atoms with van der Waals surface area (Å²) in [5, 5.41) is 0. The molecule has 2 heteroatoms. The molecule has 0 aromatic heterocycles. The zero-order valence-corrected chi connectivity index (χ0v) is 10.4. The van der Waals surface area contributed by atoms with Gasteiger partial charge < -0.3 is 10.6 Å². The molecule has 1 aromatic carbocycles. The maximum absolute atomic E-state index is 5.74. The van der Waals surface area contributed by atoms with Crippen molar-refractivity contribution < 1.29 is 0 Å². The van der Waals surface area contributed by atoms with Crippen molar-refractivity contribution in [3.8, 4) is 0 Å². The van der Waals surface area contributed by atoms with E-state index in [9.17, 15) is 0 Å². The van der Waals surface area contributed by atoms with Gasteiger partial charge >= 0.3 is 0 Å². The van der Waals surface area contributed by atoms with Crippen LogP contribution in [0.5, 0.6) is 0 Å². The van der Waals surface area contributed by atoms with Gasteiger partial charge in [0.25, 0.3) is 0 Å². The first-order valence-corrected chi connectivity index (χ1v) is 6.13. The molecule has 0 spiro atoms. The van der Waals surface area contributed by atoms with E-state index in [4.69, 9.17) is 5.73 Å². The first-order chi connectivity index (χ1) is 7.62. The molecule has 2 rings (SSSR count). The fourth-order valence-electron chi connectivity index (χ4n) is 2.56. The minimum atomic E-state index is 0.442. The molecule has 0 radical (unpaired) electrons. The lowest BCUT2D eigenvalue weighted by atomic mass is 9.62. The molecule has 0 aliphatic heterocycles. The molecule has 0 heterocycles. The molecule has 0 unspecified atom stereocenters. The summed E-state index contributed by atoms with van der Waals surface area (Å²) in [6, 6.07) is 8.49. The summed E-state index contributed by atoms with van der Waals surface area (Å²) in [5.41, 5.74) is 8.53. The highest BCUT2D eigenvalue weighted by Gasteiger charge is 2.37. The van der Waals surface area contributed by atoms with Gasteiger partial charge in [-0.2, -0.15) is 0 Å².